The molecule has 0 heterocycles. The molecular formula is C10H7BrF3N3O. The second-order valence-corrected chi connectivity index (χ2v) is 3.90. The molecule has 1 aromatic carbocycles. The zero-order chi connectivity index (χ0) is 13.6. The molecule has 0 N–H and O–H groups in total. The number of nitrogens with zero attached hydrogens (tertiary/aromatic N) is 3. The second-order valence-electron chi connectivity index (χ2n) is 3.05. The van der Waals surface area contributed by atoms with Crippen molar-refractivity contribution in [1.29, 1.82) is 0 Å². The summed E-state index contributed by atoms with van der Waals surface area (Å²) in [5.74, 6) is -0.304. The summed E-state index contributed by atoms with van der Waals surface area (Å²) in [5, 5.41) is 3.29. The van der Waals surface area contributed by atoms with Crippen LogP contribution in [-0.4, -0.2) is 12.9 Å². The van der Waals surface area contributed by atoms with Gasteiger partial charge in [-0.05, 0) is 23.2 Å². The minimum atomic E-state index is -4.71. The van der Waals surface area contributed by atoms with Crippen LogP contribution in [-0.2, 0) is 0 Å². The van der Waals surface area contributed by atoms with Crippen LogP contribution >= 0.6 is 15.9 Å². The van der Waals surface area contributed by atoms with E-state index in [1.807, 2.05) is 0 Å². The van der Waals surface area contributed by atoms with Gasteiger partial charge < -0.3 is 4.74 Å². The SMILES string of the molecule is [N-]=[N+]=NCC=Cc1ccc(OC(F)(F)F)cc1Br. The summed E-state index contributed by atoms with van der Waals surface area (Å²) in [6, 6.07) is 3.87. The molecule has 0 aliphatic heterocycles. The summed E-state index contributed by atoms with van der Waals surface area (Å²) in [6.07, 6.45) is -1.50. The Bertz CT molecular complexity index is 496. The highest BCUT2D eigenvalue weighted by atomic mass is 79.9. The standard InChI is InChI=1S/C10H7BrF3N3O/c11-9-6-8(18-10(12,13)14)4-3-7(9)2-1-5-16-17-15/h1-4,6H,5H2. The average molecular weight is 322 g/mol. The molecule has 0 unspecified atom stereocenters. The molecule has 96 valence electrons. The first kappa shape index (κ1) is 14.4. The first-order valence-electron chi connectivity index (χ1n) is 4.65. The van der Waals surface area contributed by atoms with Crippen molar-refractivity contribution in [2.75, 3.05) is 6.54 Å². The van der Waals surface area contributed by atoms with Crippen LogP contribution in [0.25, 0.3) is 16.5 Å². The van der Waals surface area contributed by atoms with Crippen molar-refractivity contribution in [3.8, 4) is 5.75 Å². The molecule has 0 saturated heterocycles. The van der Waals surface area contributed by atoms with Crippen LogP contribution < -0.4 is 4.74 Å². The van der Waals surface area contributed by atoms with Crippen molar-refractivity contribution in [3.63, 3.8) is 0 Å². The molecule has 0 fully saturated rings. The normalized spacial score (nSPS) is 11.3. The van der Waals surface area contributed by atoms with Gasteiger partial charge in [-0.15, -0.1) is 13.2 Å². The fraction of sp³-hybridized carbons (Fsp3) is 0.200. The highest BCUT2D eigenvalue weighted by Gasteiger charge is 2.31. The Balaban J connectivity index is 2.79. The number of ether oxygens (including phenoxy) is 1. The Labute approximate surface area is 109 Å². The maximum atomic E-state index is 12.0. The van der Waals surface area contributed by atoms with E-state index in [2.05, 4.69) is 30.7 Å². The van der Waals surface area contributed by atoms with E-state index in [4.69, 9.17) is 5.53 Å². The zero-order valence-corrected chi connectivity index (χ0v) is 10.4. The Kier molecular flexibility index (Phi) is 5.06. The van der Waals surface area contributed by atoms with E-state index in [1.54, 1.807) is 12.2 Å². The molecule has 0 aliphatic carbocycles. The lowest BCUT2D eigenvalue weighted by atomic mass is 10.2. The van der Waals surface area contributed by atoms with E-state index in [0.29, 0.717) is 10.0 Å². The number of alkyl halides is 3. The van der Waals surface area contributed by atoms with E-state index >= 15 is 0 Å². The van der Waals surface area contributed by atoms with Crippen molar-refractivity contribution in [1.82, 2.24) is 0 Å². The van der Waals surface area contributed by atoms with Crippen molar-refractivity contribution in [2.45, 2.75) is 6.36 Å². The number of hydrogen-bond acceptors (Lipinski definition) is 2. The van der Waals surface area contributed by atoms with Gasteiger partial charge in [0.2, 0.25) is 0 Å². The van der Waals surface area contributed by atoms with Crippen LogP contribution in [0.4, 0.5) is 13.2 Å². The highest BCUT2D eigenvalue weighted by molar-refractivity contribution is 9.10. The lowest BCUT2D eigenvalue weighted by Crippen LogP contribution is -2.17. The van der Waals surface area contributed by atoms with Crippen LogP contribution in [0.1, 0.15) is 5.56 Å². The van der Waals surface area contributed by atoms with Gasteiger partial charge in [-0.3, -0.25) is 0 Å². The van der Waals surface area contributed by atoms with Gasteiger partial charge in [0.15, 0.2) is 0 Å². The molecule has 0 aromatic heterocycles. The Morgan fingerprint density at radius 1 is 1.44 bits per heavy atom. The lowest BCUT2D eigenvalue weighted by molar-refractivity contribution is -0.274. The Morgan fingerprint density at radius 2 is 2.17 bits per heavy atom. The number of rotatable bonds is 4. The maximum absolute atomic E-state index is 12.0. The summed E-state index contributed by atoms with van der Waals surface area (Å²) in [5.41, 5.74) is 8.71. The molecule has 4 nitrogen and oxygen atoms in total. The quantitative estimate of drug-likeness (QED) is 0.451. The first-order valence-corrected chi connectivity index (χ1v) is 5.44. The molecule has 0 saturated carbocycles. The summed E-state index contributed by atoms with van der Waals surface area (Å²) < 4.78 is 40.1. The molecule has 0 spiro atoms. The molecule has 1 rings (SSSR count). The van der Waals surface area contributed by atoms with Crippen LogP contribution in [0, 0.1) is 0 Å². The molecule has 18 heavy (non-hydrogen) atoms. The topological polar surface area (TPSA) is 58.0 Å². The lowest BCUT2D eigenvalue weighted by Gasteiger charge is -2.09. The summed E-state index contributed by atoms with van der Waals surface area (Å²) >= 11 is 3.12. The Hall–Kier alpha value is -1.66. The van der Waals surface area contributed by atoms with E-state index in [1.165, 1.54) is 18.2 Å². The fourth-order valence-corrected chi connectivity index (χ4v) is 1.59. The molecule has 8 heteroatoms. The number of hydrogen-bond donors (Lipinski definition) is 0. The maximum Gasteiger partial charge on any atom is 0.573 e. The van der Waals surface area contributed by atoms with E-state index in [-0.39, 0.29) is 12.3 Å². The second kappa shape index (κ2) is 6.32. The van der Waals surface area contributed by atoms with Gasteiger partial charge in [-0.2, -0.15) is 0 Å². The summed E-state index contributed by atoms with van der Waals surface area (Å²) in [4.78, 5) is 2.56. The largest absolute Gasteiger partial charge is 0.573 e. The monoisotopic (exact) mass is 321 g/mol. The van der Waals surface area contributed by atoms with Gasteiger partial charge >= 0.3 is 6.36 Å². The number of benzene rings is 1. The third kappa shape index (κ3) is 5.11. The van der Waals surface area contributed by atoms with Crippen molar-refractivity contribution < 1.29 is 17.9 Å². The average Bonchev–Trinajstić information content (AvgIpc) is 2.24. The van der Waals surface area contributed by atoms with E-state index < -0.39 is 6.36 Å². The van der Waals surface area contributed by atoms with Crippen LogP contribution in [0.3, 0.4) is 0 Å². The first-order chi connectivity index (χ1) is 8.42. The smallest absolute Gasteiger partial charge is 0.406 e. The molecule has 0 aliphatic rings. The third-order valence-electron chi connectivity index (χ3n) is 1.75. The van der Waals surface area contributed by atoms with Crippen molar-refractivity contribution >= 4 is 22.0 Å². The van der Waals surface area contributed by atoms with Crippen LogP contribution in [0.15, 0.2) is 33.9 Å². The van der Waals surface area contributed by atoms with Crippen LogP contribution in [0.5, 0.6) is 5.75 Å². The number of azide groups is 1. The van der Waals surface area contributed by atoms with Gasteiger partial charge in [0.05, 0.1) is 0 Å². The van der Waals surface area contributed by atoms with Gasteiger partial charge in [-0.25, -0.2) is 0 Å². The molecular weight excluding hydrogens is 315 g/mol. The predicted octanol–water partition coefficient (Wildman–Crippen LogP) is 4.67. The summed E-state index contributed by atoms with van der Waals surface area (Å²) in [6.45, 7) is 0.170. The van der Waals surface area contributed by atoms with Crippen molar-refractivity contribution in [2.24, 2.45) is 5.11 Å². The minimum Gasteiger partial charge on any atom is -0.406 e. The molecule has 0 amide bonds. The minimum absolute atomic E-state index is 0.170. The number of halogens is 4. The Morgan fingerprint density at radius 3 is 2.72 bits per heavy atom. The zero-order valence-electron chi connectivity index (χ0n) is 8.86. The van der Waals surface area contributed by atoms with Gasteiger partial charge in [0.25, 0.3) is 0 Å². The van der Waals surface area contributed by atoms with E-state index in [9.17, 15) is 13.2 Å². The highest BCUT2D eigenvalue weighted by Crippen LogP contribution is 2.28. The summed E-state index contributed by atoms with van der Waals surface area (Å²) in [7, 11) is 0. The fourth-order valence-electron chi connectivity index (χ4n) is 1.10. The molecule has 0 radical (unpaired) electrons. The molecule has 0 bridgehead atoms. The van der Waals surface area contributed by atoms with Crippen molar-refractivity contribution in [3.05, 3.63) is 44.8 Å². The van der Waals surface area contributed by atoms with Gasteiger partial charge in [-0.1, -0.05) is 39.3 Å². The predicted molar refractivity (Wildman–Crippen MR) is 63.9 cm³/mol. The van der Waals surface area contributed by atoms with Gasteiger partial charge in [0, 0.05) is 15.9 Å². The van der Waals surface area contributed by atoms with Crippen LogP contribution in [0.2, 0.25) is 0 Å². The molecule has 1 aromatic rings. The van der Waals surface area contributed by atoms with E-state index in [0.717, 1.165) is 0 Å². The van der Waals surface area contributed by atoms with Gasteiger partial charge in [0.1, 0.15) is 5.75 Å². The molecule has 0 atom stereocenters. The third-order valence-corrected chi connectivity index (χ3v) is 2.44.